The molecule has 1 aliphatic carbocycles. The highest BCUT2D eigenvalue weighted by Crippen LogP contribution is 2.50. The number of nitriles is 1. The predicted octanol–water partition coefficient (Wildman–Crippen LogP) is 3.28. The van der Waals surface area contributed by atoms with Gasteiger partial charge in [0.15, 0.2) is 5.78 Å². The molecule has 0 radical (unpaired) electrons. The number of ketones is 1. The van der Waals surface area contributed by atoms with Crippen LogP contribution >= 0.6 is 0 Å². The van der Waals surface area contributed by atoms with Gasteiger partial charge in [-0.05, 0) is 53.8 Å². The number of rotatable bonds is 4. The zero-order valence-corrected chi connectivity index (χ0v) is 20.0. The number of nitrogens with zero attached hydrogens (tertiary/aromatic N) is 2. The van der Waals surface area contributed by atoms with Crippen molar-refractivity contribution in [1.82, 2.24) is 0 Å². The number of benzene rings is 2. The number of carbonyl (C=O) groups is 1. The highest BCUT2D eigenvalue weighted by molar-refractivity contribution is 7.89. The molecule has 0 spiro atoms. The van der Waals surface area contributed by atoms with Crippen LogP contribution in [0, 0.1) is 16.7 Å². The molecule has 0 saturated carbocycles. The lowest BCUT2D eigenvalue weighted by atomic mass is 9.68. The topological polar surface area (TPSA) is 140 Å². The Hall–Kier alpha value is -3.61. The van der Waals surface area contributed by atoms with Crippen LogP contribution in [0.25, 0.3) is 0 Å². The fourth-order valence-corrected chi connectivity index (χ4v) is 5.26. The molecule has 34 heavy (non-hydrogen) atoms. The Morgan fingerprint density at radius 1 is 1.15 bits per heavy atom. The number of sulfonamides is 1. The SMILES string of the molecule is COc1cccc([C@H]2C(C#N)=C(N)N(c3ccc(S(N)(=O)=O)cc3)C3=C2C(=O)CC(C)(C)C3)c1. The Labute approximate surface area is 199 Å². The van der Waals surface area contributed by atoms with Gasteiger partial charge >= 0.3 is 0 Å². The molecule has 0 unspecified atom stereocenters. The van der Waals surface area contributed by atoms with E-state index in [4.69, 9.17) is 15.6 Å². The van der Waals surface area contributed by atoms with Crippen LogP contribution in [0.15, 0.2) is 76.1 Å². The van der Waals surface area contributed by atoms with Crippen LogP contribution in [-0.2, 0) is 14.8 Å². The highest BCUT2D eigenvalue weighted by Gasteiger charge is 2.44. The summed E-state index contributed by atoms with van der Waals surface area (Å²) in [5, 5.41) is 15.4. The summed E-state index contributed by atoms with van der Waals surface area (Å²) in [6.07, 6.45) is 0.883. The summed E-state index contributed by atoms with van der Waals surface area (Å²) in [7, 11) is -2.32. The van der Waals surface area contributed by atoms with E-state index in [0.717, 1.165) is 5.56 Å². The van der Waals surface area contributed by atoms with Crippen LogP contribution in [-0.4, -0.2) is 21.3 Å². The summed E-state index contributed by atoms with van der Waals surface area (Å²) in [5.41, 5.74) is 9.02. The van der Waals surface area contributed by atoms with Crippen molar-refractivity contribution in [2.45, 2.75) is 37.5 Å². The Morgan fingerprint density at radius 3 is 2.41 bits per heavy atom. The predicted molar refractivity (Wildman–Crippen MR) is 128 cm³/mol. The normalized spacial score (nSPS) is 20.1. The van der Waals surface area contributed by atoms with Gasteiger partial charge in [0, 0.05) is 23.4 Å². The third-order valence-corrected chi connectivity index (χ3v) is 7.16. The van der Waals surface area contributed by atoms with E-state index < -0.39 is 15.9 Å². The van der Waals surface area contributed by atoms with Crippen molar-refractivity contribution in [3.05, 3.63) is 76.8 Å². The molecule has 4 rings (SSSR count). The van der Waals surface area contributed by atoms with Crippen molar-refractivity contribution in [2.75, 3.05) is 12.0 Å². The number of hydrogen-bond acceptors (Lipinski definition) is 7. The fraction of sp³-hybridized carbons (Fsp3) is 0.280. The lowest BCUT2D eigenvalue weighted by Crippen LogP contribution is -2.42. The molecule has 9 heteroatoms. The molecule has 1 atom stereocenters. The maximum Gasteiger partial charge on any atom is 0.238 e. The van der Waals surface area contributed by atoms with Crippen LogP contribution in [0.4, 0.5) is 5.69 Å². The first kappa shape index (κ1) is 23.5. The van der Waals surface area contributed by atoms with E-state index in [-0.39, 0.29) is 27.5 Å². The van der Waals surface area contributed by atoms with Gasteiger partial charge in [-0.15, -0.1) is 0 Å². The number of anilines is 1. The lowest BCUT2D eigenvalue weighted by molar-refractivity contribution is -0.118. The summed E-state index contributed by atoms with van der Waals surface area (Å²) in [5.74, 6) is 0.132. The summed E-state index contributed by atoms with van der Waals surface area (Å²) >= 11 is 0. The quantitative estimate of drug-likeness (QED) is 0.687. The summed E-state index contributed by atoms with van der Waals surface area (Å²) in [6.45, 7) is 4.02. The Kier molecular flexibility index (Phi) is 5.75. The summed E-state index contributed by atoms with van der Waals surface area (Å²) in [6, 6.07) is 15.4. The van der Waals surface area contributed by atoms with Crippen LogP contribution in [0.3, 0.4) is 0 Å². The van der Waals surface area contributed by atoms with E-state index in [2.05, 4.69) is 6.07 Å². The van der Waals surface area contributed by atoms with E-state index in [1.54, 1.807) is 30.2 Å². The van der Waals surface area contributed by atoms with Gasteiger partial charge in [0.1, 0.15) is 11.6 Å². The molecule has 0 saturated heterocycles. The summed E-state index contributed by atoms with van der Waals surface area (Å²) < 4.78 is 28.8. The second-order valence-corrected chi connectivity index (χ2v) is 10.9. The average Bonchev–Trinajstić information content (AvgIpc) is 2.77. The minimum Gasteiger partial charge on any atom is -0.497 e. The molecule has 1 aliphatic heterocycles. The Morgan fingerprint density at radius 2 is 1.82 bits per heavy atom. The number of primary sulfonamides is 1. The molecule has 0 aromatic heterocycles. The largest absolute Gasteiger partial charge is 0.497 e. The molecule has 176 valence electrons. The van der Waals surface area contributed by atoms with Gasteiger partial charge in [-0.25, -0.2) is 13.6 Å². The molecule has 0 bridgehead atoms. The van der Waals surface area contributed by atoms with E-state index in [9.17, 15) is 18.5 Å². The van der Waals surface area contributed by atoms with Gasteiger partial charge in [-0.2, -0.15) is 5.26 Å². The first-order valence-electron chi connectivity index (χ1n) is 10.7. The number of Topliss-reactive ketones (excluding diaryl/α,β-unsaturated/α-hetero) is 1. The lowest BCUT2D eigenvalue weighted by Gasteiger charge is -2.43. The first-order valence-corrected chi connectivity index (χ1v) is 12.2. The van der Waals surface area contributed by atoms with E-state index >= 15 is 0 Å². The smallest absolute Gasteiger partial charge is 0.238 e. The molecule has 0 amide bonds. The summed E-state index contributed by atoms with van der Waals surface area (Å²) in [4.78, 5) is 15.2. The number of hydrogen-bond donors (Lipinski definition) is 2. The molecule has 2 aliphatic rings. The number of carbonyl (C=O) groups excluding carboxylic acids is 1. The number of methoxy groups -OCH3 is 1. The molecule has 2 aromatic carbocycles. The van der Waals surface area contributed by atoms with E-state index in [0.29, 0.717) is 35.5 Å². The molecule has 0 fully saturated rings. The van der Waals surface area contributed by atoms with Crippen LogP contribution in [0.5, 0.6) is 5.75 Å². The third kappa shape index (κ3) is 4.06. The fourth-order valence-electron chi connectivity index (χ4n) is 4.74. The van der Waals surface area contributed by atoms with Gasteiger partial charge in [0.05, 0.1) is 29.6 Å². The maximum absolute atomic E-state index is 13.5. The minimum atomic E-state index is -3.87. The zero-order chi connectivity index (χ0) is 24.8. The second-order valence-electron chi connectivity index (χ2n) is 9.30. The monoisotopic (exact) mass is 478 g/mol. The van der Waals surface area contributed by atoms with Crippen LogP contribution in [0.2, 0.25) is 0 Å². The van der Waals surface area contributed by atoms with Crippen molar-refractivity contribution in [3.8, 4) is 11.8 Å². The molecule has 4 N–H and O–H groups in total. The number of nitrogens with two attached hydrogens (primary N) is 2. The number of allylic oxidation sites excluding steroid dienone is 3. The van der Waals surface area contributed by atoms with E-state index in [1.807, 2.05) is 32.0 Å². The molecular formula is C25H26N4O4S. The van der Waals surface area contributed by atoms with Gasteiger partial charge in [0.25, 0.3) is 0 Å². The molecule has 8 nitrogen and oxygen atoms in total. The third-order valence-electron chi connectivity index (χ3n) is 6.23. The highest BCUT2D eigenvalue weighted by atomic mass is 32.2. The zero-order valence-electron chi connectivity index (χ0n) is 19.2. The van der Waals surface area contributed by atoms with Gasteiger partial charge < -0.3 is 10.5 Å². The minimum absolute atomic E-state index is 0.0418. The number of ether oxygens (including phenoxy) is 1. The Balaban J connectivity index is 1.97. The molecular weight excluding hydrogens is 452 g/mol. The van der Waals surface area contributed by atoms with Crippen molar-refractivity contribution in [3.63, 3.8) is 0 Å². The van der Waals surface area contributed by atoms with Gasteiger partial charge in [-0.3, -0.25) is 9.69 Å². The Bertz CT molecular complexity index is 1380. The van der Waals surface area contributed by atoms with Crippen LogP contribution in [0.1, 0.15) is 38.2 Å². The van der Waals surface area contributed by atoms with Crippen molar-refractivity contribution >= 4 is 21.5 Å². The standard InChI is InChI=1S/C25H26N4O4S/c1-25(2)12-20-23(21(30)13-25)22(15-5-4-6-17(11-15)33-3)19(14-26)24(27)29(20)16-7-9-18(10-8-16)34(28,31)32/h4-11,22H,12-13,27H2,1-3H3,(H2,28,31,32)/t22-/m0/s1. The van der Waals surface area contributed by atoms with Gasteiger partial charge in [0.2, 0.25) is 10.0 Å². The van der Waals surface area contributed by atoms with Gasteiger partial charge in [-0.1, -0.05) is 26.0 Å². The average molecular weight is 479 g/mol. The second kappa shape index (κ2) is 8.31. The van der Waals surface area contributed by atoms with Crippen molar-refractivity contribution < 1.29 is 17.9 Å². The van der Waals surface area contributed by atoms with E-state index in [1.165, 1.54) is 12.1 Å². The maximum atomic E-state index is 13.5. The first-order chi connectivity index (χ1) is 16.0. The molecule has 1 heterocycles. The molecule has 2 aromatic rings. The van der Waals surface area contributed by atoms with Crippen molar-refractivity contribution in [2.24, 2.45) is 16.3 Å². The van der Waals surface area contributed by atoms with Crippen LogP contribution < -0.4 is 20.5 Å². The van der Waals surface area contributed by atoms with Crippen molar-refractivity contribution in [1.29, 1.82) is 5.26 Å².